The molecule has 1 aromatic heterocycles. The van der Waals surface area contributed by atoms with Gasteiger partial charge >= 0.3 is 0 Å². The number of amides is 1. The van der Waals surface area contributed by atoms with Gasteiger partial charge in [0.2, 0.25) is 0 Å². The third kappa shape index (κ3) is 4.55. The van der Waals surface area contributed by atoms with Gasteiger partial charge < -0.3 is 14.8 Å². The predicted molar refractivity (Wildman–Crippen MR) is 90.9 cm³/mol. The lowest BCUT2D eigenvalue weighted by Gasteiger charge is -2.19. The summed E-state index contributed by atoms with van der Waals surface area (Å²) in [7, 11) is 0. The van der Waals surface area contributed by atoms with Crippen molar-refractivity contribution in [1.82, 2.24) is 10.3 Å². The lowest BCUT2D eigenvalue weighted by Crippen LogP contribution is -2.42. The monoisotopic (exact) mass is 326 g/mol. The molecule has 1 amide bonds. The third-order valence-electron chi connectivity index (χ3n) is 4.15. The summed E-state index contributed by atoms with van der Waals surface area (Å²) in [5.41, 5.74) is 2.31. The first kappa shape index (κ1) is 16.5. The molecule has 0 radical (unpaired) electrons. The Morgan fingerprint density at radius 2 is 2.12 bits per heavy atom. The van der Waals surface area contributed by atoms with E-state index < -0.39 is 0 Å². The molecule has 0 aliphatic carbocycles. The van der Waals surface area contributed by atoms with Crippen molar-refractivity contribution in [1.29, 1.82) is 0 Å². The quantitative estimate of drug-likeness (QED) is 0.883. The molecule has 2 atom stereocenters. The average molecular weight is 326 g/mol. The predicted octanol–water partition coefficient (Wildman–Crippen LogP) is 2.14. The van der Waals surface area contributed by atoms with Gasteiger partial charge in [-0.1, -0.05) is 12.1 Å². The van der Waals surface area contributed by atoms with E-state index in [1.807, 2.05) is 43.3 Å². The molecule has 24 heavy (non-hydrogen) atoms. The largest absolute Gasteiger partial charge is 0.484 e. The Morgan fingerprint density at radius 1 is 1.29 bits per heavy atom. The fourth-order valence-corrected chi connectivity index (χ4v) is 2.88. The maximum Gasteiger partial charge on any atom is 0.258 e. The minimum Gasteiger partial charge on any atom is -0.484 e. The zero-order valence-electron chi connectivity index (χ0n) is 13.8. The number of hydrogen-bond acceptors (Lipinski definition) is 4. The van der Waals surface area contributed by atoms with Gasteiger partial charge in [0.15, 0.2) is 6.61 Å². The molecule has 2 unspecified atom stereocenters. The SMILES string of the molecule is Cc1cccc(OCC(=O)NC2COCC2Cc2ccncc2)c1. The number of pyridine rings is 1. The normalized spacial score (nSPS) is 19.9. The molecule has 126 valence electrons. The highest BCUT2D eigenvalue weighted by Crippen LogP contribution is 2.19. The van der Waals surface area contributed by atoms with Gasteiger partial charge in [0, 0.05) is 18.3 Å². The number of nitrogens with zero attached hydrogens (tertiary/aromatic N) is 1. The second-order valence-corrected chi connectivity index (χ2v) is 6.14. The van der Waals surface area contributed by atoms with E-state index >= 15 is 0 Å². The summed E-state index contributed by atoms with van der Waals surface area (Å²) < 4.78 is 11.1. The van der Waals surface area contributed by atoms with Gasteiger partial charge in [-0.2, -0.15) is 0 Å². The molecule has 0 bridgehead atoms. The van der Waals surface area contributed by atoms with E-state index in [9.17, 15) is 4.79 Å². The standard InChI is InChI=1S/C19H22N2O3/c1-14-3-2-4-17(9-14)24-13-19(22)21-18-12-23-11-16(18)10-15-5-7-20-8-6-15/h2-9,16,18H,10-13H2,1H3,(H,21,22). The molecule has 5 nitrogen and oxygen atoms in total. The van der Waals surface area contributed by atoms with Crippen molar-refractivity contribution in [3.05, 3.63) is 59.9 Å². The Labute approximate surface area is 142 Å². The van der Waals surface area contributed by atoms with Gasteiger partial charge in [-0.25, -0.2) is 0 Å². The minimum absolute atomic E-state index is 0.0158. The number of aromatic nitrogens is 1. The van der Waals surface area contributed by atoms with Crippen molar-refractivity contribution >= 4 is 5.91 Å². The zero-order chi connectivity index (χ0) is 16.8. The summed E-state index contributed by atoms with van der Waals surface area (Å²) in [6, 6.07) is 11.7. The van der Waals surface area contributed by atoms with Crippen LogP contribution in [-0.4, -0.2) is 36.8 Å². The fraction of sp³-hybridized carbons (Fsp3) is 0.368. The van der Waals surface area contributed by atoms with Crippen LogP contribution in [0.5, 0.6) is 5.75 Å². The summed E-state index contributed by atoms with van der Waals surface area (Å²) >= 11 is 0. The second-order valence-electron chi connectivity index (χ2n) is 6.14. The van der Waals surface area contributed by atoms with E-state index in [0.717, 1.165) is 12.0 Å². The minimum atomic E-state index is -0.119. The smallest absolute Gasteiger partial charge is 0.258 e. The van der Waals surface area contributed by atoms with Crippen LogP contribution in [0.2, 0.25) is 0 Å². The first-order valence-corrected chi connectivity index (χ1v) is 8.16. The number of carbonyl (C=O) groups is 1. The van der Waals surface area contributed by atoms with E-state index in [1.54, 1.807) is 12.4 Å². The Bertz CT molecular complexity index is 675. The van der Waals surface area contributed by atoms with Gasteiger partial charge in [-0.3, -0.25) is 9.78 Å². The molecule has 1 aromatic carbocycles. The molecule has 2 heterocycles. The molecule has 1 N–H and O–H groups in total. The number of aryl methyl sites for hydroxylation is 1. The average Bonchev–Trinajstić information content (AvgIpc) is 3.01. The van der Waals surface area contributed by atoms with E-state index in [0.29, 0.717) is 19.0 Å². The van der Waals surface area contributed by atoms with Crippen LogP contribution < -0.4 is 10.1 Å². The lowest BCUT2D eigenvalue weighted by atomic mass is 9.95. The van der Waals surface area contributed by atoms with Gasteiger partial charge in [-0.05, 0) is 48.7 Å². The van der Waals surface area contributed by atoms with Crippen molar-refractivity contribution in [2.24, 2.45) is 5.92 Å². The molecular formula is C19H22N2O3. The number of nitrogens with one attached hydrogen (secondary N) is 1. The molecule has 0 spiro atoms. The molecular weight excluding hydrogens is 304 g/mol. The summed E-state index contributed by atoms with van der Waals surface area (Å²) in [4.78, 5) is 16.2. The molecule has 1 fully saturated rings. The van der Waals surface area contributed by atoms with Crippen LogP contribution in [0, 0.1) is 12.8 Å². The Morgan fingerprint density at radius 3 is 2.92 bits per heavy atom. The van der Waals surface area contributed by atoms with Crippen molar-refractivity contribution in [2.75, 3.05) is 19.8 Å². The lowest BCUT2D eigenvalue weighted by molar-refractivity contribution is -0.124. The number of benzene rings is 1. The van der Waals surface area contributed by atoms with E-state index in [2.05, 4.69) is 10.3 Å². The summed E-state index contributed by atoms with van der Waals surface area (Å²) in [5, 5.41) is 3.03. The molecule has 5 heteroatoms. The summed E-state index contributed by atoms with van der Waals surface area (Å²) in [6.45, 7) is 3.21. The number of carbonyl (C=O) groups excluding carboxylic acids is 1. The zero-order valence-corrected chi connectivity index (χ0v) is 13.8. The van der Waals surface area contributed by atoms with Crippen LogP contribution in [0.4, 0.5) is 0 Å². The Balaban J connectivity index is 1.49. The number of ether oxygens (including phenoxy) is 2. The number of hydrogen-bond donors (Lipinski definition) is 1. The molecule has 1 aliphatic heterocycles. The maximum atomic E-state index is 12.2. The molecule has 3 rings (SSSR count). The van der Waals surface area contributed by atoms with E-state index in [4.69, 9.17) is 9.47 Å². The number of rotatable bonds is 6. The van der Waals surface area contributed by atoms with Gasteiger partial charge in [0.1, 0.15) is 5.75 Å². The van der Waals surface area contributed by atoms with Crippen LogP contribution in [-0.2, 0) is 16.0 Å². The van der Waals surface area contributed by atoms with E-state index in [-0.39, 0.29) is 24.5 Å². The van der Waals surface area contributed by atoms with Crippen LogP contribution >= 0.6 is 0 Å². The Hall–Kier alpha value is -2.40. The molecule has 1 saturated heterocycles. The fourth-order valence-electron chi connectivity index (χ4n) is 2.88. The topological polar surface area (TPSA) is 60.5 Å². The maximum absolute atomic E-state index is 12.2. The summed E-state index contributed by atoms with van der Waals surface area (Å²) in [6.07, 6.45) is 4.44. The highest BCUT2D eigenvalue weighted by molar-refractivity contribution is 5.78. The summed E-state index contributed by atoms with van der Waals surface area (Å²) in [5.74, 6) is 0.864. The molecule has 2 aromatic rings. The van der Waals surface area contributed by atoms with Crippen molar-refractivity contribution in [3.8, 4) is 5.75 Å². The second kappa shape index (κ2) is 7.93. The van der Waals surface area contributed by atoms with Crippen molar-refractivity contribution in [3.63, 3.8) is 0 Å². The Kier molecular flexibility index (Phi) is 5.43. The first-order valence-electron chi connectivity index (χ1n) is 8.16. The molecule has 1 aliphatic rings. The van der Waals surface area contributed by atoms with Crippen LogP contribution in [0.1, 0.15) is 11.1 Å². The van der Waals surface area contributed by atoms with E-state index in [1.165, 1.54) is 5.56 Å². The van der Waals surface area contributed by atoms with Crippen LogP contribution in [0.25, 0.3) is 0 Å². The highest BCUT2D eigenvalue weighted by atomic mass is 16.5. The van der Waals surface area contributed by atoms with Crippen LogP contribution in [0.3, 0.4) is 0 Å². The van der Waals surface area contributed by atoms with Gasteiger partial charge in [0.25, 0.3) is 5.91 Å². The van der Waals surface area contributed by atoms with Crippen LogP contribution in [0.15, 0.2) is 48.8 Å². The van der Waals surface area contributed by atoms with Gasteiger partial charge in [0.05, 0.1) is 19.3 Å². The van der Waals surface area contributed by atoms with Crippen molar-refractivity contribution in [2.45, 2.75) is 19.4 Å². The first-order chi connectivity index (χ1) is 11.7. The third-order valence-corrected chi connectivity index (χ3v) is 4.15. The van der Waals surface area contributed by atoms with Crippen molar-refractivity contribution < 1.29 is 14.3 Å². The highest BCUT2D eigenvalue weighted by Gasteiger charge is 2.29. The van der Waals surface area contributed by atoms with Gasteiger partial charge in [-0.15, -0.1) is 0 Å². The molecule has 0 saturated carbocycles.